The van der Waals surface area contributed by atoms with Gasteiger partial charge in [0.15, 0.2) is 0 Å². The normalized spacial score (nSPS) is 12.6. The van der Waals surface area contributed by atoms with Crippen molar-refractivity contribution in [1.82, 2.24) is 15.3 Å². The van der Waals surface area contributed by atoms with Crippen molar-refractivity contribution in [2.24, 2.45) is 0 Å². The van der Waals surface area contributed by atoms with Crippen LogP contribution in [0.15, 0.2) is 34.9 Å². The standard InChI is InChI=1S/C13H16BrN3/c1-9(11-3-5-12(14)6-4-11)15-7-13-8-16-10(2)17-13/h3-6,8-9,15H,7H2,1-2H3,(H,16,17)/t9-/m1/s1. The van der Waals surface area contributed by atoms with Gasteiger partial charge in [0.25, 0.3) is 0 Å². The first-order chi connectivity index (χ1) is 8.15. The molecule has 0 unspecified atom stereocenters. The molecule has 0 bridgehead atoms. The fourth-order valence-corrected chi connectivity index (χ4v) is 1.96. The Morgan fingerprint density at radius 3 is 2.65 bits per heavy atom. The lowest BCUT2D eigenvalue weighted by atomic mass is 10.1. The summed E-state index contributed by atoms with van der Waals surface area (Å²) in [4.78, 5) is 7.39. The number of aromatic amines is 1. The van der Waals surface area contributed by atoms with E-state index in [1.807, 2.05) is 13.1 Å². The quantitative estimate of drug-likeness (QED) is 0.908. The summed E-state index contributed by atoms with van der Waals surface area (Å²) in [6.07, 6.45) is 1.87. The maximum Gasteiger partial charge on any atom is 0.103 e. The van der Waals surface area contributed by atoms with Crippen LogP contribution in [-0.4, -0.2) is 9.97 Å². The lowest BCUT2D eigenvalue weighted by Gasteiger charge is -2.13. The van der Waals surface area contributed by atoms with Crippen molar-refractivity contribution in [3.05, 3.63) is 52.0 Å². The average Bonchev–Trinajstić information content (AvgIpc) is 2.73. The van der Waals surface area contributed by atoms with E-state index in [1.54, 1.807) is 0 Å². The number of hydrogen-bond acceptors (Lipinski definition) is 2. The Labute approximate surface area is 110 Å². The van der Waals surface area contributed by atoms with Gasteiger partial charge in [-0.2, -0.15) is 0 Å². The molecule has 0 aliphatic rings. The van der Waals surface area contributed by atoms with E-state index in [0.29, 0.717) is 6.04 Å². The van der Waals surface area contributed by atoms with E-state index < -0.39 is 0 Å². The number of hydrogen-bond donors (Lipinski definition) is 2. The number of nitrogens with zero attached hydrogens (tertiary/aromatic N) is 1. The number of imidazole rings is 1. The Bertz CT molecular complexity index is 476. The maximum absolute atomic E-state index is 4.18. The molecule has 4 heteroatoms. The average molecular weight is 294 g/mol. The Kier molecular flexibility index (Phi) is 3.97. The highest BCUT2D eigenvalue weighted by Gasteiger charge is 2.05. The van der Waals surface area contributed by atoms with Gasteiger partial charge in [-0.3, -0.25) is 0 Å². The molecule has 0 fully saturated rings. The SMILES string of the molecule is Cc1ncc(CN[C@H](C)c2ccc(Br)cc2)[nH]1. The van der Waals surface area contributed by atoms with Gasteiger partial charge < -0.3 is 10.3 Å². The summed E-state index contributed by atoms with van der Waals surface area (Å²) in [5, 5.41) is 3.46. The molecule has 2 N–H and O–H groups in total. The van der Waals surface area contributed by atoms with Gasteiger partial charge in [-0.25, -0.2) is 4.98 Å². The van der Waals surface area contributed by atoms with Crippen LogP contribution in [0.4, 0.5) is 0 Å². The highest BCUT2D eigenvalue weighted by molar-refractivity contribution is 9.10. The molecule has 17 heavy (non-hydrogen) atoms. The van der Waals surface area contributed by atoms with E-state index in [1.165, 1.54) is 5.56 Å². The lowest BCUT2D eigenvalue weighted by molar-refractivity contribution is 0.568. The smallest absolute Gasteiger partial charge is 0.103 e. The van der Waals surface area contributed by atoms with Crippen molar-refractivity contribution in [3.63, 3.8) is 0 Å². The molecular formula is C13H16BrN3. The highest BCUT2D eigenvalue weighted by atomic mass is 79.9. The first-order valence-electron chi connectivity index (χ1n) is 5.64. The zero-order valence-electron chi connectivity index (χ0n) is 10.00. The van der Waals surface area contributed by atoms with Crippen molar-refractivity contribution in [1.29, 1.82) is 0 Å². The minimum Gasteiger partial charge on any atom is -0.345 e. The van der Waals surface area contributed by atoms with Gasteiger partial charge in [-0.05, 0) is 31.5 Å². The number of aryl methyl sites for hydroxylation is 1. The van der Waals surface area contributed by atoms with Crippen molar-refractivity contribution in [2.75, 3.05) is 0 Å². The van der Waals surface area contributed by atoms with Gasteiger partial charge in [-0.15, -0.1) is 0 Å². The van der Waals surface area contributed by atoms with Gasteiger partial charge in [0.05, 0.1) is 0 Å². The van der Waals surface area contributed by atoms with Crippen LogP contribution in [0.2, 0.25) is 0 Å². The molecular weight excluding hydrogens is 278 g/mol. The number of aromatic nitrogens is 2. The van der Waals surface area contributed by atoms with Crippen molar-refractivity contribution >= 4 is 15.9 Å². The van der Waals surface area contributed by atoms with Gasteiger partial charge in [0.1, 0.15) is 5.82 Å². The zero-order chi connectivity index (χ0) is 12.3. The summed E-state index contributed by atoms with van der Waals surface area (Å²) in [5.41, 5.74) is 2.40. The molecule has 0 aliphatic carbocycles. The third-order valence-electron chi connectivity index (χ3n) is 2.72. The Morgan fingerprint density at radius 2 is 2.06 bits per heavy atom. The molecule has 0 saturated carbocycles. The van der Waals surface area contributed by atoms with Crippen molar-refractivity contribution in [2.45, 2.75) is 26.4 Å². The van der Waals surface area contributed by atoms with Crippen LogP contribution < -0.4 is 5.32 Å². The minimum atomic E-state index is 0.326. The first-order valence-corrected chi connectivity index (χ1v) is 6.44. The second kappa shape index (κ2) is 5.47. The largest absolute Gasteiger partial charge is 0.345 e. The van der Waals surface area contributed by atoms with Crippen molar-refractivity contribution < 1.29 is 0 Å². The van der Waals surface area contributed by atoms with E-state index in [0.717, 1.165) is 22.5 Å². The van der Waals surface area contributed by atoms with Crippen LogP contribution >= 0.6 is 15.9 Å². The summed E-state index contributed by atoms with van der Waals surface area (Å²) < 4.78 is 1.11. The molecule has 0 aliphatic heterocycles. The molecule has 0 saturated heterocycles. The van der Waals surface area contributed by atoms with Gasteiger partial charge >= 0.3 is 0 Å². The fraction of sp³-hybridized carbons (Fsp3) is 0.308. The second-order valence-corrected chi connectivity index (χ2v) is 5.06. The Balaban J connectivity index is 1.93. The maximum atomic E-state index is 4.18. The second-order valence-electron chi connectivity index (χ2n) is 4.15. The third-order valence-corrected chi connectivity index (χ3v) is 3.25. The Hall–Kier alpha value is -1.13. The number of rotatable bonds is 4. The van der Waals surface area contributed by atoms with E-state index in [4.69, 9.17) is 0 Å². The molecule has 1 heterocycles. The summed E-state index contributed by atoms with van der Waals surface area (Å²) in [5.74, 6) is 0.957. The topological polar surface area (TPSA) is 40.7 Å². The summed E-state index contributed by atoms with van der Waals surface area (Å²) in [6, 6.07) is 8.70. The van der Waals surface area contributed by atoms with Crippen LogP contribution in [0.5, 0.6) is 0 Å². The predicted molar refractivity (Wildman–Crippen MR) is 72.7 cm³/mol. The molecule has 0 spiro atoms. The van der Waals surface area contributed by atoms with E-state index in [-0.39, 0.29) is 0 Å². The highest BCUT2D eigenvalue weighted by Crippen LogP contribution is 2.16. The van der Waals surface area contributed by atoms with Crippen LogP contribution in [0.1, 0.15) is 30.0 Å². The Morgan fingerprint density at radius 1 is 1.35 bits per heavy atom. The molecule has 0 radical (unpaired) electrons. The number of H-pyrrole nitrogens is 1. The molecule has 0 amide bonds. The summed E-state index contributed by atoms with van der Waals surface area (Å²) >= 11 is 3.44. The van der Waals surface area contributed by atoms with E-state index in [2.05, 4.69) is 62.4 Å². The van der Waals surface area contributed by atoms with Crippen LogP contribution in [0, 0.1) is 6.92 Å². The molecule has 90 valence electrons. The van der Waals surface area contributed by atoms with Gasteiger partial charge in [-0.1, -0.05) is 28.1 Å². The molecule has 2 aromatic rings. The first kappa shape index (κ1) is 12.3. The van der Waals surface area contributed by atoms with E-state index in [9.17, 15) is 0 Å². The summed E-state index contributed by atoms with van der Waals surface area (Å²) in [6.45, 7) is 4.92. The monoisotopic (exact) mass is 293 g/mol. The third kappa shape index (κ3) is 3.41. The molecule has 1 aromatic carbocycles. The molecule has 2 rings (SSSR count). The number of halogens is 1. The molecule has 1 atom stereocenters. The number of benzene rings is 1. The van der Waals surface area contributed by atoms with Crippen molar-refractivity contribution in [3.8, 4) is 0 Å². The van der Waals surface area contributed by atoms with Crippen LogP contribution in [-0.2, 0) is 6.54 Å². The zero-order valence-corrected chi connectivity index (χ0v) is 11.6. The summed E-state index contributed by atoms with van der Waals surface area (Å²) in [7, 11) is 0. The van der Waals surface area contributed by atoms with Crippen LogP contribution in [0.3, 0.4) is 0 Å². The van der Waals surface area contributed by atoms with E-state index >= 15 is 0 Å². The van der Waals surface area contributed by atoms with Gasteiger partial charge in [0, 0.05) is 29.0 Å². The minimum absolute atomic E-state index is 0.326. The molecule has 3 nitrogen and oxygen atoms in total. The fourth-order valence-electron chi connectivity index (χ4n) is 1.69. The molecule has 1 aromatic heterocycles. The predicted octanol–water partition coefficient (Wildman–Crippen LogP) is 3.33. The van der Waals surface area contributed by atoms with Crippen LogP contribution in [0.25, 0.3) is 0 Å². The van der Waals surface area contributed by atoms with Gasteiger partial charge in [0.2, 0.25) is 0 Å². The number of nitrogens with one attached hydrogen (secondary N) is 2. The lowest BCUT2D eigenvalue weighted by Crippen LogP contribution is -2.18.